The van der Waals surface area contributed by atoms with Gasteiger partial charge in [0.15, 0.2) is 0 Å². The Morgan fingerprint density at radius 3 is 2.38 bits per heavy atom. The van der Waals surface area contributed by atoms with Crippen molar-refractivity contribution in [1.29, 1.82) is 0 Å². The quantitative estimate of drug-likeness (QED) is 0.297. The maximum atomic E-state index is 14.1. The molecule has 1 fully saturated rings. The number of fused-ring (bicyclic) bond motifs is 1. The fraction of sp³-hybridized carbons (Fsp3) is 0.207. The number of benzene rings is 2. The van der Waals surface area contributed by atoms with Crippen molar-refractivity contribution in [3.05, 3.63) is 95.1 Å². The van der Waals surface area contributed by atoms with Crippen LogP contribution in [0.1, 0.15) is 34.3 Å². The number of piperidine rings is 1. The fourth-order valence-corrected chi connectivity index (χ4v) is 4.90. The SMILES string of the molecule is COc1ncc(OC)c2c(C(=O)C(=O)N3CCC(=C(c4ccccc4)c4cccc(F)c4)CC3)c[nH]c12. The number of likely N-dealkylation sites (tertiary alicyclic amines) is 1. The molecule has 1 N–H and O–H groups in total. The minimum Gasteiger partial charge on any atom is -0.494 e. The number of ketones is 1. The zero-order valence-electron chi connectivity index (χ0n) is 20.6. The Bertz CT molecular complexity index is 1500. The van der Waals surface area contributed by atoms with Crippen molar-refractivity contribution in [2.24, 2.45) is 0 Å². The fourth-order valence-electron chi connectivity index (χ4n) is 4.90. The van der Waals surface area contributed by atoms with Crippen LogP contribution in [-0.2, 0) is 4.79 Å². The second kappa shape index (κ2) is 10.3. The van der Waals surface area contributed by atoms with Crippen LogP contribution in [0, 0.1) is 5.82 Å². The van der Waals surface area contributed by atoms with Gasteiger partial charge in [0.2, 0.25) is 5.88 Å². The molecule has 1 aliphatic rings. The standard InChI is InChI=1S/C29H26FN3O4/c1-36-23-17-32-28(37-2)26-25(23)22(16-31-26)27(34)29(35)33-13-11-19(12-14-33)24(18-7-4-3-5-8-18)20-9-6-10-21(30)15-20/h3-10,15-17,31H,11-14H2,1-2H3. The van der Waals surface area contributed by atoms with Gasteiger partial charge in [0, 0.05) is 19.3 Å². The van der Waals surface area contributed by atoms with E-state index in [1.54, 1.807) is 11.0 Å². The van der Waals surface area contributed by atoms with Crippen molar-refractivity contribution in [3.63, 3.8) is 0 Å². The summed E-state index contributed by atoms with van der Waals surface area (Å²) in [6.07, 6.45) is 4.11. The van der Waals surface area contributed by atoms with Crippen LogP contribution in [0.25, 0.3) is 16.5 Å². The minimum absolute atomic E-state index is 0.212. The Morgan fingerprint density at radius 1 is 0.973 bits per heavy atom. The Kier molecular flexibility index (Phi) is 6.72. The van der Waals surface area contributed by atoms with Crippen LogP contribution in [0.15, 0.2) is 72.6 Å². The van der Waals surface area contributed by atoms with Gasteiger partial charge < -0.3 is 19.4 Å². The monoisotopic (exact) mass is 499 g/mol. The van der Waals surface area contributed by atoms with Gasteiger partial charge in [-0.1, -0.05) is 48.0 Å². The molecular formula is C29H26FN3O4. The molecule has 2 aromatic carbocycles. The average Bonchev–Trinajstić information content (AvgIpc) is 3.38. The number of halogens is 1. The van der Waals surface area contributed by atoms with Gasteiger partial charge in [-0.15, -0.1) is 0 Å². The van der Waals surface area contributed by atoms with Crippen LogP contribution in [-0.4, -0.2) is 53.9 Å². The number of ether oxygens (including phenoxy) is 2. The van der Waals surface area contributed by atoms with Crippen molar-refractivity contribution in [2.45, 2.75) is 12.8 Å². The summed E-state index contributed by atoms with van der Waals surface area (Å²) in [7, 11) is 2.96. The Labute approximate surface area is 213 Å². The number of hydrogen-bond acceptors (Lipinski definition) is 5. The first-order chi connectivity index (χ1) is 18.0. The van der Waals surface area contributed by atoms with Crippen LogP contribution in [0.5, 0.6) is 11.6 Å². The first-order valence-electron chi connectivity index (χ1n) is 12.0. The Morgan fingerprint density at radius 2 is 1.70 bits per heavy atom. The molecule has 0 aliphatic carbocycles. The lowest BCUT2D eigenvalue weighted by atomic mass is 9.88. The number of carbonyl (C=O) groups is 2. The van der Waals surface area contributed by atoms with Gasteiger partial charge >= 0.3 is 0 Å². The van der Waals surface area contributed by atoms with Gasteiger partial charge in [-0.25, -0.2) is 9.37 Å². The molecule has 1 saturated heterocycles. The van der Waals surface area contributed by atoms with Crippen molar-refractivity contribution in [3.8, 4) is 11.6 Å². The highest BCUT2D eigenvalue weighted by Gasteiger charge is 2.30. The predicted octanol–water partition coefficient (Wildman–Crippen LogP) is 5.03. The number of aromatic nitrogens is 2. The van der Waals surface area contributed by atoms with Crippen LogP contribution < -0.4 is 9.47 Å². The molecule has 2 aromatic heterocycles. The summed E-state index contributed by atoms with van der Waals surface area (Å²) < 4.78 is 24.7. The summed E-state index contributed by atoms with van der Waals surface area (Å²) in [6.45, 7) is 0.770. The summed E-state index contributed by atoms with van der Waals surface area (Å²) in [4.78, 5) is 35.3. The van der Waals surface area contributed by atoms with Gasteiger partial charge in [0.25, 0.3) is 11.7 Å². The van der Waals surface area contributed by atoms with Crippen molar-refractivity contribution < 1.29 is 23.5 Å². The second-order valence-electron chi connectivity index (χ2n) is 8.76. The molecule has 37 heavy (non-hydrogen) atoms. The van der Waals surface area contributed by atoms with E-state index in [-0.39, 0.29) is 11.4 Å². The lowest BCUT2D eigenvalue weighted by Gasteiger charge is -2.30. The first kappa shape index (κ1) is 24.2. The molecule has 0 bridgehead atoms. The number of hydrogen-bond donors (Lipinski definition) is 1. The van der Waals surface area contributed by atoms with E-state index in [0.717, 1.165) is 22.3 Å². The van der Waals surface area contributed by atoms with Gasteiger partial charge in [0.05, 0.1) is 31.4 Å². The molecule has 1 aliphatic heterocycles. The molecule has 4 aromatic rings. The molecule has 5 rings (SSSR count). The molecule has 0 unspecified atom stereocenters. The molecule has 7 nitrogen and oxygen atoms in total. The normalized spacial score (nSPS) is 13.5. The number of Topliss-reactive ketones (excluding diaryl/α,β-unsaturated/α-hetero) is 1. The van der Waals surface area contributed by atoms with Crippen molar-refractivity contribution in [2.75, 3.05) is 27.3 Å². The summed E-state index contributed by atoms with van der Waals surface area (Å²) in [6, 6.07) is 16.4. The Balaban J connectivity index is 1.42. The second-order valence-corrected chi connectivity index (χ2v) is 8.76. The highest BCUT2D eigenvalue weighted by Crippen LogP contribution is 2.35. The average molecular weight is 500 g/mol. The molecule has 0 radical (unpaired) electrons. The smallest absolute Gasteiger partial charge is 0.295 e. The molecule has 8 heteroatoms. The minimum atomic E-state index is -0.626. The van der Waals surface area contributed by atoms with Crippen LogP contribution >= 0.6 is 0 Å². The largest absolute Gasteiger partial charge is 0.494 e. The van der Waals surface area contributed by atoms with Crippen LogP contribution in [0.4, 0.5) is 4.39 Å². The van der Waals surface area contributed by atoms with E-state index in [0.29, 0.717) is 48.5 Å². The van der Waals surface area contributed by atoms with E-state index < -0.39 is 11.7 Å². The lowest BCUT2D eigenvalue weighted by molar-refractivity contribution is -0.126. The molecule has 0 atom stereocenters. The Hall–Kier alpha value is -4.46. The van der Waals surface area contributed by atoms with Gasteiger partial charge in [-0.2, -0.15) is 0 Å². The highest BCUT2D eigenvalue weighted by atomic mass is 19.1. The van der Waals surface area contributed by atoms with E-state index >= 15 is 0 Å². The number of methoxy groups -OCH3 is 2. The van der Waals surface area contributed by atoms with E-state index in [2.05, 4.69) is 9.97 Å². The maximum absolute atomic E-state index is 14.1. The maximum Gasteiger partial charge on any atom is 0.295 e. The number of pyridine rings is 1. The summed E-state index contributed by atoms with van der Waals surface area (Å²) >= 11 is 0. The summed E-state index contributed by atoms with van der Waals surface area (Å²) in [5.74, 6) is -0.824. The highest BCUT2D eigenvalue weighted by molar-refractivity contribution is 6.45. The third kappa shape index (κ3) is 4.58. The van der Waals surface area contributed by atoms with Crippen molar-refractivity contribution in [1.82, 2.24) is 14.9 Å². The van der Waals surface area contributed by atoms with E-state index in [1.165, 1.54) is 38.7 Å². The number of rotatable bonds is 6. The number of aromatic amines is 1. The number of carbonyl (C=O) groups excluding carboxylic acids is 2. The zero-order valence-corrected chi connectivity index (χ0v) is 20.6. The van der Waals surface area contributed by atoms with Gasteiger partial charge in [0.1, 0.15) is 17.1 Å². The summed E-state index contributed by atoms with van der Waals surface area (Å²) in [5, 5.41) is 0.461. The van der Waals surface area contributed by atoms with E-state index in [9.17, 15) is 14.0 Å². The van der Waals surface area contributed by atoms with E-state index in [1.807, 2.05) is 36.4 Å². The molecule has 1 amide bonds. The molecular weight excluding hydrogens is 473 g/mol. The number of H-pyrrole nitrogens is 1. The number of nitrogens with zero attached hydrogens (tertiary/aromatic N) is 2. The van der Waals surface area contributed by atoms with Crippen molar-refractivity contribution >= 4 is 28.2 Å². The van der Waals surface area contributed by atoms with E-state index in [4.69, 9.17) is 9.47 Å². The zero-order chi connectivity index (χ0) is 25.9. The molecule has 188 valence electrons. The first-order valence-corrected chi connectivity index (χ1v) is 12.0. The van der Waals surface area contributed by atoms with Crippen LogP contribution in [0.3, 0.4) is 0 Å². The number of nitrogens with one attached hydrogen (secondary N) is 1. The summed E-state index contributed by atoms with van der Waals surface area (Å²) in [5.41, 5.74) is 4.59. The molecule has 0 spiro atoms. The van der Waals surface area contributed by atoms with Gasteiger partial charge in [-0.05, 0) is 41.7 Å². The topological polar surface area (TPSA) is 84.5 Å². The van der Waals surface area contributed by atoms with Crippen LogP contribution in [0.2, 0.25) is 0 Å². The predicted molar refractivity (Wildman–Crippen MR) is 138 cm³/mol. The molecule has 3 heterocycles. The van der Waals surface area contributed by atoms with Gasteiger partial charge in [-0.3, -0.25) is 9.59 Å². The third-order valence-corrected chi connectivity index (χ3v) is 6.68. The number of amides is 1. The lowest BCUT2D eigenvalue weighted by Crippen LogP contribution is -2.40. The molecule has 0 saturated carbocycles. The third-order valence-electron chi connectivity index (χ3n) is 6.68.